The highest BCUT2D eigenvalue weighted by molar-refractivity contribution is 6.30. The van der Waals surface area contributed by atoms with Crippen molar-refractivity contribution in [3.8, 4) is 0 Å². The Kier molecular flexibility index (Phi) is 5.34. The van der Waals surface area contributed by atoms with E-state index in [4.69, 9.17) is 11.6 Å². The average molecular weight is 335 g/mol. The van der Waals surface area contributed by atoms with Crippen molar-refractivity contribution in [2.45, 2.75) is 37.5 Å². The number of benzene rings is 1. The number of likely N-dealkylation sites (N-methyl/N-ethyl adjacent to an activating group) is 1. The van der Waals surface area contributed by atoms with Crippen LogP contribution in [-0.2, 0) is 4.79 Å². The van der Waals surface area contributed by atoms with Gasteiger partial charge in [-0.25, -0.2) is 0 Å². The first-order valence-corrected chi connectivity index (χ1v) is 7.46. The van der Waals surface area contributed by atoms with Crippen LogP contribution in [0.3, 0.4) is 0 Å². The molecular formula is C15H18ClF3N2O. The Morgan fingerprint density at radius 3 is 2.59 bits per heavy atom. The quantitative estimate of drug-likeness (QED) is 0.913. The van der Waals surface area contributed by atoms with E-state index in [1.807, 2.05) is 19.2 Å². The van der Waals surface area contributed by atoms with Gasteiger partial charge in [-0.05, 0) is 31.2 Å². The van der Waals surface area contributed by atoms with Gasteiger partial charge >= 0.3 is 6.18 Å². The molecule has 1 saturated heterocycles. The maximum absolute atomic E-state index is 12.2. The molecule has 0 bridgehead atoms. The van der Waals surface area contributed by atoms with Gasteiger partial charge in [0.05, 0.1) is 12.5 Å². The molecule has 0 aromatic heterocycles. The van der Waals surface area contributed by atoms with Crippen LogP contribution in [0, 0.1) is 0 Å². The minimum Gasteiger partial charge on any atom is -0.351 e. The maximum Gasteiger partial charge on any atom is 0.389 e. The van der Waals surface area contributed by atoms with Crippen molar-refractivity contribution in [3.05, 3.63) is 34.9 Å². The van der Waals surface area contributed by atoms with Crippen LogP contribution < -0.4 is 5.32 Å². The standard InChI is InChI=1S/C15H18ClF3N2O/c1-21-9-7-12(20-13(22)6-8-15(17,18)19)14(21)10-2-4-11(16)5-3-10/h2-5,12,14H,6-9H2,1H3,(H,20,22)/t12-,14-/m0/s1. The number of carbonyl (C=O) groups excluding carboxylic acids is 1. The zero-order valence-corrected chi connectivity index (χ0v) is 12.9. The Labute approximate surface area is 132 Å². The number of rotatable bonds is 4. The summed E-state index contributed by atoms with van der Waals surface area (Å²) in [6.07, 6.45) is -5.22. The van der Waals surface area contributed by atoms with Gasteiger partial charge in [-0.15, -0.1) is 0 Å². The lowest BCUT2D eigenvalue weighted by atomic mass is 10.00. The number of carbonyl (C=O) groups is 1. The predicted molar refractivity (Wildman–Crippen MR) is 78.7 cm³/mol. The van der Waals surface area contributed by atoms with Crippen LogP contribution in [0.25, 0.3) is 0 Å². The first-order valence-electron chi connectivity index (χ1n) is 7.08. The van der Waals surface area contributed by atoms with E-state index >= 15 is 0 Å². The molecular weight excluding hydrogens is 317 g/mol. The fourth-order valence-corrected chi connectivity index (χ4v) is 2.90. The van der Waals surface area contributed by atoms with Crippen molar-refractivity contribution < 1.29 is 18.0 Å². The molecule has 1 aromatic rings. The molecule has 1 heterocycles. The zero-order chi connectivity index (χ0) is 16.3. The van der Waals surface area contributed by atoms with Gasteiger partial charge in [0, 0.05) is 24.0 Å². The van der Waals surface area contributed by atoms with Gasteiger partial charge in [0.1, 0.15) is 0 Å². The molecule has 0 spiro atoms. The normalized spacial score (nSPS) is 22.8. The zero-order valence-electron chi connectivity index (χ0n) is 12.2. The van der Waals surface area contributed by atoms with Crippen LogP contribution in [0.2, 0.25) is 5.02 Å². The lowest BCUT2D eigenvalue weighted by Crippen LogP contribution is -2.39. The van der Waals surface area contributed by atoms with Crippen LogP contribution in [0.4, 0.5) is 13.2 Å². The number of amides is 1. The SMILES string of the molecule is CN1CC[C@H](NC(=O)CCC(F)(F)F)[C@@H]1c1ccc(Cl)cc1. The molecule has 7 heteroatoms. The fourth-order valence-electron chi connectivity index (χ4n) is 2.78. The van der Waals surface area contributed by atoms with Crippen molar-refractivity contribution in [3.63, 3.8) is 0 Å². The first-order chi connectivity index (χ1) is 10.3. The van der Waals surface area contributed by atoms with Gasteiger partial charge in [-0.1, -0.05) is 23.7 Å². The van der Waals surface area contributed by atoms with Crippen LogP contribution in [0.5, 0.6) is 0 Å². The minimum absolute atomic E-state index is 0.0490. The molecule has 1 N–H and O–H groups in total. The molecule has 0 saturated carbocycles. The molecule has 2 atom stereocenters. The van der Waals surface area contributed by atoms with Crippen molar-refractivity contribution in [1.82, 2.24) is 10.2 Å². The third-order valence-electron chi connectivity index (χ3n) is 3.84. The summed E-state index contributed by atoms with van der Waals surface area (Å²) in [5.41, 5.74) is 0.991. The fraction of sp³-hybridized carbons (Fsp3) is 0.533. The van der Waals surface area contributed by atoms with E-state index in [0.29, 0.717) is 11.4 Å². The minimum atomic E-state index is -4.31. The summed E-state index contributed by atoms with van der Waals surface area (Å²) in [5.74, 6) is -0.559. The molecule has 22 heavy (non-hydrogen) atoms. The number of hydrogen-bond donors (Lipinski definition) is 1. The van der Waals surface area contributed by atoms with Gasteiger partial charge in [0.2, 0.25) is 5.91 Å². The van der Waals surface area contributed by atoms with Gasteiger partial charge in [0.25, 0.3) is 0 Å². The van der Waals surface area contributed by atoms with E-state index in [1.165, 1.54) is 0 Å². The van der Waals surface area contributed by atoms with E-state index in [0.717, 1.165) is 12.1 Å². The van der Waals surface area contributed by atoms with Crippen LogP contribution in [-0.4, -0.2) is 36.6 Å². The molecule has 1 aromatic carbocycles. The number of likely N-dealkylation sites (tertiary alicyclic amines) is 1. The summed E-state index contributed by atoms with van der Waals surface area (Å²) >= 11 is 5.87. The third-order valence-corrected chi connectivity index (χ3v) is 4.09. The molecule has 122 valence electrons. The average Bonchev–Trinajstić information content (AvgIpc) is 2.78. The Hall–Kier alpha value is -1.27. The highest BCUT2D eigenvalue weighted by atomic mass is 35.5. The van der Waals surface area contributed by atoms with E-state index in [9.17, 15) is 18.0 Å². The van der Waals surface area contributed by atoms with Gasteiger partial charge < -0.3 is 5.32 Å². The molecule has 2 rings (SSSR count). The van der Waals surface area contributed by atoms with Crippen molar-refractivity contribution in [2.75, 3.05) is 13.6 Å². The number of halogens is 4. The third kappa shape index (κ3) is 4.61. The largest absolute Gasteiger partial charge is 0.389 e. The number of nitrogens with zero attached hydrogens (tertiary/aromatic N) is 1. The number of nitrogens with one attached hydrogen (secondary N) is 1. The molecule has 1 amide bonds. The molecule has 0 radical (unpaired) electrons. The van der Waals surface area contributed by atoms with E-state index in [2.05, 4.69) is 10.2 Å². The van der Waals surface area contributed by atoms with Crippen LogP contribution in [0.1, 0.15) is 30.9 Å². The summed E-state index contributed by atoms with van der Waals surface area (Å²) in [5, 5.41) is 3.35. The second-order valence-corrected chi connectivity index (χ2v) is 5.99. The van der Waals surface area contributed by atoms with Gasteiger partial charge in [-0.3, -0.25) is 9.69 Å². The highest BCUT2D eigenvalue weighted by Gasteiger charge is 2.35. The van der Waals surface area contributed by atoms with Crippen LogP contribution >= 0.6 is 11.6 Å². The summed E-state index contributed by atoms with van der Waals surface area (Å²) in [7, 11) is 1.93. The Bertz CT molecular complexity index is 519. The molecule has 1 aliphatic rings. The lowest BCUT2D eigenvalue weighted by Gasteiger charge is -2.26. The second-order valence-electron chi connectivity index (χ2n) is 5.55. The Morgan fingerprint density at radius 2 is 2.00 bits per heavy atom. The first kappa shape index (κ1) is 17.1. The summed E-state index contributed by atoms with van der Waals surface area (Å²) in [6.45, 7) is 0.775. The van der Waals surface area contributed by atoms with E-state index < -0.39 is 24.9 Å². The second kappa shape index (κ2) is 6.87. The van der Waals surface area contributed by atoms with Crippen LogP contribution in [0.15, 0.2) is 24.3 Å². The summed E-state index contributed by atoms with van der Waals surface area (Å²) in [4.78, 5) is 13.8. The Balaban J connectivity index is 2.00. The van der Waals surface area contributed by atoms with E-state index in [-0.39, 0.29) is 12.1 Å². The molecule has 0 unspecified atom stereocenters. The van der Waals surface area contributed by atoms with Gasteiger partial charge in [-0.2, -0.15) is 13.2 Å². The van der Waals surface area contributed by atoms with Crippen molar-refractivity contribution >= 4 is 17.5 Å². The molecule has 0 aliphatic carbocycles. The molecule has 1 fully saturated rings. The van der Waals surface area contributed by atoms with Crippen molar-refractivity contribution in [1.29, 1.82) is 0 Å². The Morgan fingerprint density at radius 1 is 1.36 bits per heavy atom. The molecule has 1 aliphatic heterocycles. The highest BCUT2D eigenvalue weighted by Crippen LogP contribution is 2.32. The number of alkyl halides is 3. The summed E-state index contributed by atoms with van der Waals surface area (Å²) < 4.78 is 36.5. The van der Waals surface area contributed by atoms with Gasteiger partial charge in [0.15, 0.2) is 0 Å². The van der Waals surface area contributed by atoms with Crippen molar-refractivity contribution in [2.24, 2.45) is 0 Å². The molecule has 3 nitrogen and oxygen atoms in total. The summed E-state index contributed by atoms with van der Waals surface area (Å²) in [6, 6.07) is 7.06. The van der Waals surface area contributed by atoms with E-state index in [1.54, 1.807) is 12.1 Å². The monoisotopic (exact) mass is 334 g/mol. The number of hydrogen-bond acceptors (Lipinski definition) is 2. The maximum atomic E-state index is 12.2. The topological polar surface area (TPSA) is 32.3 Å². The lowest BCUT2D eigenvalue weighted by molar-refractivity contribution is -0.144. The smallest absolute Gasteiger partial charge is 0.351 e. The predicted octanol–water partition coefficient (Wildman–Crippen LogP) is 3.54.